The monoisotopic (exact) mass is 568 g/mol. The fourth-order valence-electron chi connectivity index (χ4n) is 3.75. The Kier molecular flexibility index (Phi) is 8.27. The van der Waals surface area contributed by atoms with E-state index in [0.29, 0.717) is 39.1 Å². The maximum absolute atomic E-state index is 11.6. The van der Waals surface area contributed by atoms with Gasteiger partial charge in [-0.2, -0.15) is 0 Å². The largest absolute Gasteiger partial charge is 0.493 e. The lowest BCUT2D eigenvalue weighted by atomic mass is 10.1. The van der Waals surface area contributed by atoms with Crippen molar-refractivity contribution in [2.24, 2.45) is 0 Å². The van der Waals surface area contributed by atoms with Crippen LogP contribution in [0.3, 0.4) is 0 Å². The van der Waals surface area contributed by atoms with Gasteiger partial charge >= 0.3 is 0 Å². The van der Waals surface area contributed by atoms with E-state index in [1.165, 1.54) is 11.8 Å². The van der Waals surface area contributed by atoms with Gasteiger partial charge in [0.1, 0.15) is 17.7 Å². The van der Waals surface area contributed by atoms with Gasteiger partial charge in [-0.3, -0.25) is 14.7 Å². The molecule has 1 heterocycles. The maximum atomic E-state index is 11.6. The number of benzene rings is 3. The van der Waals surface area contributed by atoms with Crippen LogP contribution in [0.25, 0.3) is 5.69 Å². The Hall–Kier alpha value is -3.37. The molecule has 0 spiro atoms. The third-order valence-electron chi connectivity index (χ3n) is 5.47. The third kappa shape index (κ3) is 6.06. The number of halogens is 1. The SMILES string of the molecule is COc1cc([C@@H](C[N+](=O)[O-])Sc2nnc(C)n2-c2cccc(C)c2)cc(Br)c1OCc1ccccc1. The molecule has 4 rings (SSSR count). The van der Waals surface area contributed by atoms with E-state index >= 15 is 0 Å². The van der Waals surface area contributed by atoms with Crippen LogP contribution in [0.15, 0.2) is 76.4 Å². The highest BCUT2D eigenvalue weighted by Gasteiger charge is 2.26. The molecule has 0 saturated heterocycles. The maximum Gasteiger partial charge on any atom is 0.220 e. The minimum atomic E-state index is -0.541. The van der Waals surface area contributed by atoms with Gasteiger partial charge in [0.15, 0.2) is 16.7 Å². The molecular formula is C26H25BrN4O4S. The topological polar surface area (TPSA) is 92.3 Å². The first-order valence-electron chi connectivity index (χ1n) is 11.2. The van der Waals surface area contributed by atoms with Gasteiger partial charge in [0, 0.05) is 10.6 Å². The van der Waals surface area contributed by atoms with Gasteiger partial charge in [-0.25, -0.2) is 0 Å². The lowest BCUT2D eigenvalue weighted by Gasteiger charge is -2.18. The van der Waals surface area contributed by atoms with Gasteiger partial charge < -0.3 is 9.47 Å². The van der Waals surface area contributed by atoms with Gasteiger partial charge in [-0.15, -0.1) is 10.2 Å². The lowest BCUT2D eigenvalue weighted by Crippen LogP contribution is -2.12. The van der Waals surface area contributed by atoms with E-state index in [4.69, 9.17) is 9.47 Å². The Labute approximate surface area is 221 Å². The van der Waals surface area contributed by atoms with Crippen LogP contribution >= 0.6 is 27.7 Å². The standard InChI is InChI=1S/C26H25BrN4O4S/c1-17-8-7-11-21(12-17)31-18(2)28-29-26(31)36-24(15-30(32)33)20-13-22(27)25(23(14-20)34-3)35-16-19-9-5-4-6-10-19/h4-14,24H,15-16H2,1-3H3/t24-/m1/s1. The van der Waals surface area contributed by atoms with Gasteiger partial charge in [0.05, 0.1) is 11.6 Å². The molecule has 186 valence electrons. The molecule has 0 aliphatic rings. The number of hydrogen-bond acceptors (Lipinski definition) is 7. The number of rotatable bonds is 10. The van der Waals surface area contributed by atoms with Crippen molar-refractivity contribution in [2.75, 3.05) is 13.7 Å². The summed E-state index contributed by atoms with van der Waals surface area (Å²) in [7, 11) is 1.55. The average Bonchev–Trinajstić information content (AvgIpc) is 3.22. The van der Waals surface area contributed by atoms with Crippen molar-refractivity contribution in [3.05, 3.63) is 104 Å². The summed E-state index contributed by atoms with van der Waals surface area (Å²) < 4.78 is 14.2. The second-order valence-corrected chi connectivity index (χ2v) is 10.2. The Morgan fingerprint density at radius 1 is 1.08 bits per heavy atom. The molecule has 0 N–H and O–H groups in total. The summed E-state index contributed by atoms with van der Waals surface area (Å²) in [5.74, 6) is 1.72. The number of nitrogens with zero attached hydrogens (tertiary/aromatic N) is 4. The highest BCUT2D eigenvalue weighted by Crippen LogP contribution is 2.43. The average molecular weight is 569 g/mol. The van der Waals surface area contributed by atoms with Crippen LogP contribution < -0.4 is 9.47 Å². The van der Waals surface area contributed by atoms with E-state index in [1.807, 2.05) is 79.1 Å². The minimum absolute atomic E-state index is 0.301. The second kappa shape index (κ2) is 11.6. The van der Waals surface area contributed by atoms with Crippen LogP contribution in [-0.2, 0) is 6.61 Å². The highest BCUT2D eigenvalue weighted by atomic mass is 79.9. The Morgan fingerprint density at radius 3 is 2.56 bits per heavy atom. The van der Waals surface area contributed by atoms with Crippen LogP contribution in [0.4, 0.5) is 0 Å². The number of hydrogen-bond donors (Lipinski definition) is 0. The molecule has 0 radical (unpaired) electrons. The minimum Gasteiger partial charge on any atom is -0.493 e. The van der Waals surface area contributed by atoms with E-state index in [1.54, 1.807) is 13.2 Å². The summed E-state index contributed by atoms with van der Waals surface area (Å²) in [6, 6.07) is 21.4. The van der Waals surface area contributed by atoms with Crippen LogP contribution in [0.1, 0.15) is 27.8 Å². The Bertz CT molecular complexity index is 1360. The van der Waals surface area contributed by atoms with Gasteiger partial charge in [0.2, 0.25) is 6.54 Å². The van der Waals surface area contributed by atoms with Crippen molar-refractivity contribution in [1.29, 1.82) is 0 Å². The zero-order chi connectivity index (χ0) is 25.7. The molecular weight excluding hydrogens is 544 g/mol. The van der Waals surface area contributed by atoms with Crippen molar-refractivity contribution >= 4 is 27.7 Å². The van der Waals surface area contributed by atoms with Crippen molar-refractivity contribution in [3.8, 4) is 17.2 Å². The molecule has 10 heteroatoms. The quantitative estimate of drug-likeness (QED) is 0.125. The van der Waals surface area contributed by atoms with Crippen molar-refractivity contribution in [2.45, 2.75) is 30.9 Å². The summed E-state index contributed by atoms with van der Waals surface area (Å²) in [6.07, 6.45) is 0. The van der Waals surface area contributed by atoms with Gasteiger partial charge in [-0.1, -0.05) is 54.2 Å². The van der Waals surface area contributed by atoms with Crippen LogP contribution in [-0.4, -0.2) is 33.3 Å². The third-order valence-corrected chi connectivity index (χ3v) is 7.24. The molecule has 0 bridgehead atoms. The zero-order valence-electron chi connectivity index (χ0n) is 20.1. The van der Waals surface area contributed by atoms with Crippen LogP contribution in [0, 0.1) is 24.0 Å². The van der Waals surface area contributed by atoms with Crippen LogP contribution in [0.5, 0.6) is 11.5 Å². The lowest BCUT2D eigenvalue weighted by molar-refractivity contribution is -0.479. The van der Waals surface area contributed by atoms with Gasteiger partial charge in [-0.05, 0) is 70.7 Å². The predicted octanol–water partition coefficient (Wildman–Crippen LogP) is 6.34. The van der Waals surface area contributed by atoms with Gasteiger partial charge in [0.25, 0.3) is 0 Å². The molecule has 1 aromatic heterocycles. The highest BCUT2D eigenvalue weighted by molar-refractivity contribution is 9.10. The van der Waals surface area contributed by atoms with E-state index in [2.05, 4.69) is 26.1 Å². The number of aromatic nitrogens is 3. The summed E-state index contributed by atoms with van der Waals surface area (Å²) >= 11 is 4.87. The molecule has 0 amide bonds. The molecule has 3 aromatic carbocycles. The Balaban J connectivity index is 1.66. The van der Waals surface area contributed by atoms with E-state index in [-0.39, 0.29) is 11.5 Å². The molecule has 1 atom stereocenters. The molecule has 36 heavy (non-hydrogen) atoms. The van der Waals surface area contributed by atoms with Crippen LogP contribution in [0.2, 0.25) is 0 Å². The van der Waals surface area contributed by atoms with Crippen molar-refractivity contribution in [3.63, 3.8) is 0 Å². The Morgan fingerprint density at radius 2 is 1.86 bits per heavy atom. The van der Waals surface area contributed by atoms with E-state index in [0.717, 1.165) is 16.8 Å². The summed E-state index contributed by atoms with van der Waals surface area (Å²) in [5.41, 5.74) is 3.73. The van der Waals surface area contributed by atoms with Crippen molar-refractivity contribution in [1.82, 2.24) is 14.8 Å². The molecule has 0 saturated carbocycles. The normalized spacial score (nSPS) is 11.8. The second-order valence-electron chi connectivity index (χ2n) is 8.13. The molecule has 0 aliphatic carbocycles. The number of nitro groups is 1. The first-order chi connectivity index (χ1) is 17.4. The summed E-state index contributed by atoms with van der Waals surface area (Å²) in [6.45, 7) is 3.93. The predicted molar refractivity (Wildman–Crippen MR) is 143 cm³/mol. The first-order valence-corrected chi connectivity index (χ1v) is 12.8. The van der Waals surface area contributed by atoms with E-state index in [9.17, 15) is 10.1 Å². The molecule has 8 nitrogen and oxygen atoms in total. The number of ether oxygens (including phenoxy) is 2. The number of thioether (sulfide) groups is 1. The molecule has 0 unspecified atom stereocenters. The molecule has 0 aliphatic heterocycles. The first kappa shape index (κ1) is 25.7. The fraction of sp³-hybridized carbons (Fsp3) is 0.231. The smallest absolute Gasteiger partial charge is 0.220 e. The molecule has 0 fully saturated rings. The molecule has 4 aromatic rings. The van der Waals surface area contributed by atoms with Crippen molar-refractivity contribution < 1.29 is 14.4 Å². The number of methoxy groups -OCH3 is 1. The summed E-state index contributed by atoms with van der Waals surface area (Å²) in [5, 5.41) is 20.2. The number of aryl methyl sites for hydroxylation is 2. The van der Waals surface area contributed by atoms with E-state index < -0.39 is 5.25 Å². The zero-order valence-corrected chi connectivity index (χ0v) is 22.5. The fourth-order valence-corrected chi connectivity index (χ4v) is 5.48. The summed E-state index contributed by atoms with van der Waals surface area (Å²) in [4.78, 5) is 11.3.